The standard InChI is InChI=1S/C18H41NO6Si3/c1-10-22-28(9,23-11-2)14-12-13-19-16(18(21)25-27(6,7)8)15-17(20)24-26(3,4)5/h16,19H,10-15H2,1-9H3. The van der Waals surface area contributed by atoms with Crippen LogP contribution in [0.25, 0.3) is 0 Å². The molecule has 1 N–H and O–H groups in total. The van der Waals surface area contributed by atoms with Crippen molar-refractivity contribution < 1.29 is 27.3 Å². The minimum Gasteiger partial charge on any atom is -0.520 e. The minimum absolute atomic E-state index is 0.0147. The van der Waals surface area contributed by atoms with E-state index in [9.17, 15) is 9.59 Å². The molecule has 0 radical (unpaired) electrons. The molecule has 28 heavy (non-hydrogen) atoms. The van der Waals surface area contributed by atoms with Crippen molar-refractivity contribution in [2.45, 2.75) is 84.6 Å². The molecule has 7 nitrogen and oxygen atoms in total. The smallest absolute Gasteiger partial charge is 0.334 e. The van der Waals surface area contributed by atoms with Crippen LogP contribution in [0, 0.1) is 0 Å². The van der Waals surface area contributed by atoms with Crippen LogP contribution in [0.4, 0.5) is 0 Å². The summed E-state index contributed by atoms with van der Waals surface area (Å²) >= 11 is 0. The van der Waals surface area contributed by atoms with Gasteiger partial charge in [0.25, 0.3) is 5.97 Å². The molecule has 1 unspecified atom stereocenters. The van der Waals surface area contributed by atoms with Crippen molar-refractivity contribution in [2.75, 3.05) is 19.8 Å². The summed E-state index contributed by atoms with van der Waals surface area (Å²) < 4.78 is 22.8. The van der Waals surface area contributed by atoms with Crippen LogP contribution in [0.5, 0.6) is 0 Å². The van der Waals surface area contributed by atoms with Crippen LogP contribution in [0.1, 0.15) is 26.7 Å². The summed E-state index contributed by atoms with van der Waals surface area (Å²) in [7, 11) is -6.23. The molecule has 0 aromatic carbocycles. The van der Waals surface area contributed by atoms with Crippen LogP contribution in [0.3, 0.4) is 0 Å². The van der Waals surface area contributed by atoms with Crippen molar-refractivity contribution in [3.8, 4) is 0 Å². The van der Waals surface area contributed by atoms with Crippen molar-refractivity contribution in [1.29, 1.82) is 0 Å². The van der Waals surface area contributed by atoms with Gasteiger partial charge in [0, 0.05) is 13.2 Å². The highest BCUT2D eigenvalue weighted by Gasteiger charge is 2.32. The number of rotatable bonds is 14. The van der Waals surface area contributed by atoms with Crippen LogP contribution in [0.15, 0.2) is 0 Å². The Balaban J connectivity index is 4.84. The second kappa shape index (κ2) is 12.2. The molecule has 0 saturated heterocycles. The number of carbonyl (C=O) groups excluding carboxylic acids is 2. The Kier molecular flexibility index (Phi) is 12.0. The molecule has 0 aliphatic rings. The quantitative estimate of drug-likeness (QED) is 0.319. The van der Waals surface area contributed by atoms with Crippen LogP contribution >= 0.6 is 0 Å². The Morgan fingerprint density at radius 2 is 1.36 bits per heavy atom. The lowest BCUT2D eigenvalue weighted by Gasteiger charge is -2.27. The van der Waals surface area contributed by atoms with Gasteiger partial charge < -0.3 is 23.0 Å². The Bertz CT molecular complexity index is 485. The lowest BCUT2D eigenvalue weighted by molar-refractivity contribution is -0.143. The fraction of sp³-hybridized carbons (Fsp3) is 0.889. The van der Waals surface area contributed by atoms with Gasteiger partial charge in [-0.25, -0.2) is 0 Å². The first-order valence-electron chi connectivity index (χ1n) is 10.2. The highest BCUT2D eigenvalue weighted by molar-refractivity contribution is 6.71. The molecule has 0 bridgehead atoms. The number of carbonyl (C=O) groups is 2. The molecule has 0 aliphatic carbocycles. The van der Waals surface area contributed by atoms with Gasteiger partial charge in [-0.15, -0.1) is 0 Å². The SMILES string of the molecule is CCO[Si](C)(CCCNC(CC(=O)O[Si](C)(C)C)C(=O)O[Si](C)(C)C)OCC. The lowest BCUT2D eigenvalue weighted by Crippen LogP contribution is -2.46. The normalized spacial score (nSPS) is 13.9. The minimum atomic E-state index is -2.19. The molecule has 0 aliphatic heterocycles. The molecular weight excluding hydrogens is 410 g/mol. The van der Waals surface area contributed by atoms with E-state index in [0.717, 1.165) is 12.5 Å². The van der Waals surface area contributed by atoms with E-state index in [0.29, 0.717) is 19.8 Å². The fourth-order valence-corrected chi connectivity index (χ4v) is 6.57. The molecule has 10 heteroatoms. The molecule has 0 saturated carbocycles. The Morgan fingerprint density at radius 1 is 0.857 bits per heavy atom. The Labute approximate surface area is 174 Å². The maximum atomic E-state index is 12.6. The summed E-state index contributed by atoms with van der Waals surface area (Å²) in [6, 6.07) is 0.124. The second-order valence-corrected chi connectivity index (χ2v) is 21.1. The third-order valence-electron chi connectivity index (χ3n) is 3.58. The van der Waals surface area contributed by atoms with Gasteiger partial charge in [0.1, 0.15) is 6.04 Å². The Hall–Kier alpha value is -0.529. The van der Waals surface area contributed by atoms with Gasteiger partial charge in [0.05, 0.1) is 6.42 Å². The van der Waals surface area contributed by atoms with E-state index in [1.165, 1.54) is 0 Å². The van der Waals surface area contributed by atoms with E-state index in [1.807, 2.05) is 53.1 Å². The van der Waals surface area contributed by atoms with Gasteiger partial charge in [0.2, 0.25) is 16.6 Å². The molecule has 0 spiro atoms. The van der Waals surface area contributed by atoms with E-state index in [4.69, 9.17) is 17.7 Å². The zero-order valence-electron chi connectivity index (χ0n) is 19.3. The first kappa shape index (κ1) is 27.5. The average Bonchev–Trinajstić information content (AvgIpc) is 2.47. The van der Waals surface area contributed by atoms with Gasteiger partial charge >= 0.3 is 14.5 Å². The summed E-state index contributed by atoms with van der Waals surface area (Å²) in [5.41, 5.74) is 0. The highest BCUT2D eigenvalue weighted by atomic mass is 28.4. The third kappa shape index (κ3) is 13.6. The van der Waals surface area contributed by atoms with Crippen molar-refractivity contribution in [2.24, 2.45) is 0 Å². The second-order valence-electron chi connectivity index (χ2n) is 8.93. The average molecular weight is 452 g/mol. The summed E-state index contributed by atoms with van der Waals surface area (Å²) in [6.07, 6.45) is 0.779. The van der Waals surface area contributed by atoms with Gasteiger partial charge in [-0.1, -0.05) is 0 Å². The third-order valence-corrected chi connectivity index (χ3v) is 8.29. The summed E-state index contributed by atoms with van der Waals surface area (Å²) in [5.74, 6) is -0.728. The van der Waals surface area contributed by atoms with Crippen molar-refractivity contribution in [1.82, 2.24) is 5.32 Å². The maximum Gasteiger partial charge on any atom is 0.334 e. The number of nitrogens with one attached hydrogen (secondary N) is 1. The van der Waals surface area contributed by atoms with E-state index in [2.05, 4.69) is 11.9 Å². The fourth-order valence-electron chi connectivity index (χ4n) is 2.64. The van der Waals surface area contributed by atoms with Gasteiger partial charge in [-0.3, -0.25) is 9.59 Å². The van der Waals surface area contributed by atoms with Gasteiger partial charge in [0.15, 0.2) is 0 Å². The van der Waals surface area contributed by atoms with Crippen molar-refractivity contribution in [3.05, 3.63) is 0 Å². The van der Waals surface area contributed by atoms with Crippen LogP contribution in [-0.2, 0) is 27.3 Å². The first-order chi connectivity index (χ1) is 12.7. The van der Waals surface area contributed by atoms with Crippen molar-refractivity contribution >= 4 is 37.1 Å². The summed E-state index contributed by atoms with van der Waals surface area (Å²) in [6.45, 7) is 19.5. The van der Waals surface area contributed by atoms with Crippen LogP contribution in [-0.4, -0.2) is 62.9 Å². The monoisotopic (exact) mass is 451 g/mol. The summed E-state index contributed by atoms with van der Waals surface area (Å²) in [5, 5.41) is 3.19. The van der Waals surface area contributed by atoms with E-state index in [-0.39, 0.29) is 18.4 Å². The van der Waals surface area contributed by atoms with E-state index in [1.54, 1.807) is 0 Å². The predicted octanol–water partition coefficient (Wildman–Crippen LogP) is 3.63. The lowest BCUT2D eigenvalue weighted by atomic mass is 10.2. The number of hydrogen-bond acceptors (Lipinski definition) is 7. The predicted molar refractivity (Wildman–Crippen MR) is 120 cm³/mol. The van der Waals surface area contributed by atoms with E-state index >= 15 is 0 Å². The molecule has 0 rings (SSSR count). The zero-order chi connectivity index (χ0) is 22.0. The van der Waals surface area contributed by atoms with Crippen molar-refractivity contribution in [3.63, 3.8) is 0 Å². The largest absolute Gasteiger partial charge is 0.520 e. The molecule has 0 aromatic heterocycles. The summed E-state index contributed by atoms with van der Waals surface area (Å²) in [4.78, 5) is 24.8. The molecular formula is C18H41NO6Si3. The number of hydrogen-bond donors (Lipinski definition) is 1. The van der Waals surface area contributed by atoms with Crippen LogP contribution in [0.2, 0.25) is 51.9 Å². The van der Waals surface area contributed by atoms with Crippen LogP contribution < -0.4 is 5.32 Å². The maximum absolute atomic E-state index is 12.6. The molecule has 0 aromatic rings. The Morgan fingerprint density at radius 3 is 1.79 bits per heavy atom. The first-order valence-corrected chi connectivity index (χ1v) is 19.5. The van der Waals surface area contributed by atoms with Gasteiger partial charge in [-0.05, 0) is 78.7 Å². The van der Waals surface area contributed by atoms with E-state index < -0.39 is 31.2 Å². The highest BCUT2D eigenvalue weighted by Crippen LogP contribution is 2.16. The zero-order valence-corrected chi connectivity index (χ0v) is 22.3. The topological polar surface area (TPSA) is 83.1 Å². The van der Waals surface area contributed by atoms with Gasteiger partial charge in [-0.2, -0.15) is 0 Å². The molecule has 0 heterocycles. The molecule has 0 amide bonds. The molecule has 1 atom stereocenters. The molecule has 166 valence electrons. The molecule has 0 fully saturated rings.